The van der Waals surface area contributed by atoms with E-state index < -0.39 is 5.91 Å². The highest BCUT2D eigenvalue weighted by atomic mass is 16.5. The standard InChI is InChI=1S/C21H22N4O3/c1-4-14-7-6-8-15(5-2)19(14)24-21(27)17-10-16(11-22-12-17)20(26)23-18-9-13(3)28-25-18/h6-12H,4-5H2,1-3H3,(H,24,27)(H,23,25,26). The average Bonchev–Trinajstić information content (AvgIpc) is 3.12. The predicted molar refractivity (Wildman–Crippen MR) is 107 cm³/mol. The fourth-order valence-corrected chi connectivity index (χ4v) is 2.89. The van der Waals surface area contributed by atoms with E-state index in [1.807, 2.05) is 32.0 Å². The third-order valence-electron chi connectivity index (χ3n) is 4.37. The monoisotopic (exact) mass is 378 g/mol. The van der Waals surface area contributed by atoms with Crippen molar-refractivity contribution in [3.8, 4) is 0 Å². The smallest absolute Gasteiger partial charge is 0.258 e. The van der Waals surface area contributed by atoms with Crippen LogP contribution in [0.1, 0.15) is 51.5 Å². The summed E-state index contributed by atoms with van der Waals surface area (Å²) in [5.41, 5.74) is 3.52. The molecule has 7 nitrogen and oxygen atoms in total. The van der Waals surface area contributed by atoms with Crippen molar-refractivity contribution in [3.63, 3.8) is 0 Å². The molecule has 1 aromatic carbocycles. The second-order valence-corrected chi connectivity index (χ2v) is 6.35. The zero-order chi connectivity index (χ0) is 20.1. The number of para-hydroxylation sites is 1. The molecule has 0 spiro atoms. The van der Waals surface area contributed by atoms with Crippen LogP contribution in [-0.2, 0) is 12.8 Å². The number of carbonyl (C=O) groups is 2. The highest BCUT2D eigenvalue weighted by molar-refractivity contribution is 6.08. The molecule has 0 aliphatic carbocycles. The number of anilines is 2. The number of rotatable bonds is 6. The van der Waals surface area contributed by atoms with E-state index in [4.69, 9.17) is 4.52 Å². The summed E-state index contributed by atoms with van der Waals surface area (Å²) < 4.78 is 4.93. The second kappa shape index (κ2) is 8.47. The van der Waals surface area contributed by atoms with Crippen molar-refractivity contribution in [3.05, 3.63) is 70.7 Å². The first kappa shape index (κ1) is 19.3. The molecule has 3 aromatic rings. The van der Waals surface area contributed by atoms with Crippen LogP contribution >= 0.6 is 0 Å². The number of pyridine rings is 1. The molecule has 2 heterocycles. The molecule has 0 saturated carbocycles. The Kier molecular flexibility index (Phi) is 5.84. The summed E-state index contributed by atoms with van der Waals surface area (Å²) in [7, 11) is 0. The van der Waals surface area contributed by atoms with Gasteiger partial charge in [-0.15, -0.1) is 0 Å². The summed E-state index contributed by atoms with van der Waals surface area (Å²) in [6, 6.07) is 9.10. The highest BCUT2D eigenvalue weighted by Gasteiger charge is 2.15. The van der Waals surface area contributed by atoms with Gasteiger partial charge in [0.2, 0.25) is 0 Å². The minimum atomic E-state index is -0.418. The number of carbonyl (C=O) groups excluding carboxylic acids is 2. The van der Waals surface area contributed by atoms with Crippen molar-refractivity contribution >= 4 is 23.3 Å². The zero-order valence-corrected chi connectivity index (χ0v) is 16.1. The van der Waals surface area contributed by atoms with E-state index in [-0.39, 0.29) is 11.5 Å². The second-order valence-electron chi connectivity index (χ2n) is 6.35. The zero-order valence-electron chi connectivity index (χ0n) is 16.1. The molecule has 0 aliphatic heterocycles. The number of benzene rings is 1. The highest BCUT2D eigenvalue weighted by Crippen LogP contribution is 2.23. The molecule has 28 heavy (non-hydrogen) atoms. The number of nitrogens with one attached hydrogen (secondary N) is 2. The Labute approximate surface area is 163 Å². The van der Waals surface area contributed by atoms with Crippen LogP contribution in [0.15, 0.2) is 47.2 Å². The normalized spacial score (nSPS) is 10.5. The van der Waals surface area contributed by atoms with Gasteiger partial charge in [-0.2, -0.15) is 0 Å². The van der Waals surface area contributed by atoms with Crippen LogP contribution in [0.4, 0.5) is 11.5 Å². The van der Waals surface area contributed by atoms with Crippen molar-refractivity contribution in [1.29, 1.82) is 0 Å². The molecule has 0 radical (unpaired) electrons. The maximum Gasteiger partial charge on any atom is 0.258 e. The molecular weight excluding hydrogens is 356 g/mol. The van der Waals surface area contributed by atoms with E-state index in [0.29, 0.717) is 17.1 Å². The molecule has 2 aromatic heterocycles. The van der Waals surface area contributed by atoms with Crippen LogP contribution in [0.25, 0.3) is 0 Å². The number of amides is 2. The molecule has 2 N–H and O–H groups in total. The first-order valence-electron chi connectivity index (χ1n) is 9.13. The maximum atomic E-state index is 12.8. The maximum absolute atomic E-state index is 12.8. The third kappa shape index (κ3) is 4.25. The summed E-state index contributed by atoms with van der Waals surface area (Å²) in [5, 5.41) is 9.32. The lowest BCUT2D eigenvalue weighted by Crippen LogP contribution is -2.17. The van der Waals surface area contributed by atoms with E-state index in [1.165, 1.54) is 18.5 Å². The Balaban J connectivity index is 1.80. The van der Waals surface area contributed by atoms with Crippen LogP contribution in [-0.4, -0.2) is 22.0 Å². The quantitative estimate of drug-likeness (QED) is 0.675. The van der Waals surface area contributed by atoms with Crippen molar-refractivity contribution < 1.29 is 14.1 Å². The predicted octanol–water partition coefficient (Wildman–Crippen LogP) is 4.01. The van der Waals surface area contributed by atoms with Crippen LogP contribution < -0.4 is 10.6 Å². The number of nitrogens with zero attached hydrogens (tertiary/aromatic N) is 2. The van der Waals surface area contributed by atoms with Crippen molar-refractivity contribution in [2.24, 2.45) is 0 Å². The molecule has 144 valence electrons. The van der Waals surface area contributed by atoms with E-state index in [1.54, 1.807) is 13.0 Å². The average molecular weight is 378 g/mol. The van der Waals surface area contributed by atoms with E-state index in [9.17, 15) is 9.59 Å². The molecule has 3 rings (SSSR count). The Morgan fingerprint density at radius 1 is 0.964 bits per heavy atom. The first-order chi connectivity index (χ1) is 13.5. The van der Waals surface area contributed by atoms with Gasteiger partial charge in [0.1, 0.15) is 5.76 Å². The summed E-state index contributed by atoms with van der Waals surface area (Å²) in [4.78, 5) is 29.2. The number of hydrogen-bond donors (Lipinski definition) is 2. The lowest BCUT2D eigenvalue weighted by Gasteiger charge is -2.14. The minimum absolute atomic E-state index is 0.257. The molecule has 0 unspecified atom stereocenters. The van der Waals surface area contributed by atoms with E-state index in [0.717, 1.165) is 29.7 Å². The van der Waals surface area contributed by atoms with Gasteiger partial charge < -0.3 is 15.2 Å². The Morgan fingerprint density at radius 2 is 1.57 bits per heavy atom. The van der Waals surface area contributed by atoms with Crippen LogP contribution in [0, 0.1) is 6.92 Å². The van der Waals surface area contributed by atoms with Crippen molar-refractivity contribution in [2.45, 2.75) is 33.6 Å². The number of aromatic nitrogens is 2. The molecule has 2 amide bonds. The van der Waals surface area contributed by atoms with Gasteiger partial charge in [0.25, 0.3) is 11.8 Å². The lowest BCUT2D eigenvalue weighted by molar-refractivity contribution is 0.102. The molecular formula is C21H22N4O3. The van der Waals surface area contributed by atoms with Gasteiger partial charge in [-0.1, -0.05) is 37.2 Å². The van der Waals surface area contributed by atoms with Gasteiger partial charge in [0.05, 0.1) is 11.1 Å². The van der Waals surface area contributed by atoms with E-state index >= 15 is 0 Å². The molecule has 0 saturated heterocycles. The first-order valence-corrected chi connectivity index (χ1v) is 9.13. The van der Waals surface area contributed by atoms with Gasteiger partial charge in [-0.3, -0.25) is 14.6 Å². The number of hydrogen-bond acceptors (Lipinski definition) is 5. The van der Waals surface area contributed by atoms with Gasteiger partial charge in [-0.05, 0) is 37.0 Å². The van der Waals surface area contributed by atoms with Gasteiger partial charge >= 0.3 is 0 Å². The van der Waals surface area contributed by atoms with Gasteiger partial charge in [0.15, 0.2) is 5.82 Å². The minimum Gasteiger partial charge on any atom is -0.360 e. The molecule has 0 bridgehead atoms. The van der Waals surface area contributed by atoms with Crippen LogP contribution in [0.3, 0.4) is 0 Å². The van der Waals surface area contributed by atoms with Crippen molar-refractivity contribution in [2.75, 3.05) is 10.6 Å². The molecule has 0 aliphatic rings. The van der Waals surface area contributed by atoms with E-state index in [2.05, 4.69) is 20.8 Å². The topological polar surface area (TPSA) is 97.1 Å². The Hall–Kier alpha value is -3.48. The van der Waals surface area contributed by atoms with Crippen molar-refractivity contribution in [1.82, 2.24) is 10.1 Å². The summed E-state index contributed by atoms with van der Waals surface area (Å²) in [5.74, 6) is 0.165. The Morgan fingerprint density at radius 3 is 2.11 bits per heavy atom. The summed E-state index contributed by atoms with van der Waals surface area (Å²) in [6.07, 6.45) is 4.45. The van der Waals surface area contributed by atoms with Gasteiger partial charge in [-0.25, -0.2) is 0 Å². The third-order valence-corrected chi connectivity index (χ3v) is 4.37. The van der Waals surface area contributed by atoms with Gasteiger partial charge in [0, 0.05) is 24.1 Å². The fraction of sp³-hybridized carbons (Fsp3) is 0.238. The lowest BCUT2D eigenvalue weighted by atomic mass is 10.0. The van der Waals surface area contributed by atoms with Crippen LogP contribution in [0.5, 0.6) is 0 Å². The summed E-state index contributed by atoms with van der Waals surface area (Å²) >= 11 is 0. The number of aryl methyl sites for hydroxylation is 3. The van der Waals surface area contributed by atoms with Crippen LogP contribution in [0.2, 0.25) is 0 Å². The SMILES string of the molecule is CCc1cccc(CC)c1NC(=O)c1cncc(C(=O)Nc2cc(C)on2)c1. The Bertz CT molecular complexity index is 988. The largest absolute Gasteiger partial charge is 0.360 e. The molecule has 0 atom stereocenters. The molecule has 7 heteroatoms. The molecule has 0 fully saturated rings. The fourth-order valence-electron chi connectivity index (χ4n) is 2.89. The summed E-state index contributed by atoms with van der Waals surface area (Å²) in [6.45, 7) is 5.82.